The molecule has 2 atom stereocenters. The van der Waals surface area contributed by atoms with Crippen molar-refractivity contribution in [3.63, 3.8) is 0 Å². The van der Waals surface area contributed by atoms with Gasteiger partial charge in [-0.05, 0) is 25.1 Å². The summed E-state index contributed by atoms with van der Waals surface area (Å²) in [5, 5.41) is 18.3. The third-order valence-corrected chi connectivity index (χ3v) is 3.15. The van der Waals surface area contributed by atoms with Gasteiger partial charge in [0.1, 0.15) is 18.4 Å². The molecular formula is C12H13ClN2O2. The lowest BCUT2D eigenvalue weighted by Gasteiger charge is -2.22. The highest BCUT2D eigenvalue weighted by Gasteiger charge is 2.29. The third-order valence-electron chi connectivity index (χ3n) is 2.84. The first kappa shape index (κ1) is 12.2. The van der Waals surface area contributed by atoms with E-state index < -0.39 is 0 Å². The Labute approximate surface area is 105 Å². The fraction of sp³-hybridized carbons (Fsp3) is 0.417. The lowest BCUT2D eigenvalue weighted by Crippen LogP contribution is -2.27. The molecule has 0 saturated carbocycles. The zero-order valence-corrected chi connectivity index (χ0v) is 10.2. The molecule has 1 N–H and O–H groups in total. The summed E-state index contributed by atoms with van der Waals surface area (Å²) in [5.74, 6) is 0. The Balaban J connectivity index is 2.24. The van der Waals surface area contributed by atoms with Crippen LogP contribution in [0.5, 0.6) is 0 Å². The van der Waals surface area contributed by atoms with Crippen LogP contribution in [-0.2, 0) is 4.74 Å². The number of ether oxygens (including phenoxy) is 1. The summed E-state index contributed by atoms with van der Waals surface area (Å²) in [6, 6.07) is 7.30. The molecule has 0 bridgehead atoms. The quantitative estimate of drug-likeness (QED) is 0.871. The van der Waals surface area contributed by atoms with Gasteiger partial charge in [0.2, 0.25) is 0 Å². The van der Waals surface area contributed by atoms with Gasteiger partial charge < -0.3 is 14.7 Å². The fourth-order valence-corrected chi connectivity index (χ4v) is 2.17. The van der Waals surface area contributed by atoms with E-state index in [4.69, 9.17) is 26.7 Å². The fourth-order valence-electron chi connectivity index (χ4n) is 1.95. The van der Waals surface area contributed by atoms with Crippen molar-refractivity contribution < 1.29 is 9.84 Å². The normalized spacial score (nSPS) is 23.8. The second-order valence-electron chi connectivity index (χ2n) is 3.97. The lowest BCUT2D eigenvalue weighted by molar-refractivity contribution is 0.0238. The number of hydrogen-bond acceptors (Lipinski definition) is 4. The van der Waals surface area contributed by atoms with Crippen molar-refractivity contribution in [2.24, 2.45) is 0 Å². The van der Waals surface area contributed by atoms with E-state index in [0.29, 0.717) is 17.1 Å². The Bertz CT molecular complexity index is 458. The second-order valence-corrected chi connectivity index (χ2v) is 4.38. The summed E-state index contributed by atoms with van der Waals surface area (Å²) in [6.07, 6.45) is -0.268. The van der Waals surface area contributed by atoms with Crippen LogP contribution < -0.4 is 4.90 Å². The van der Waals surface area contributed by atoms with Crippen LogP contribution >= 0.6 is 11.6 Å². The summed E-state index contributed by atoms with van der Waals surface area (Å²) < 4.78 is 5.54. The van der Waals surface area contributed by atoms with E-state index in [1.807, 2.05) is 24.0 Å². The number of hydrogen-bond donors (Lipinski definition) is 1. The van der Waals surface area contributed by atoms with Crippen LogP contribution in [0.4, 0.5) is 5.69 Å². The maximum absolute atomic E-state index is 9.06. The molecule has 90 valence electrons. The molecule has 0 amide bonds. The van der Waals surface area contributed by atoms with Gasteiger partial charge in [-0.1, -0.05) is 11.6 Å². The average molecular weight is 253 g/mol. The predicted molar refractivity (Wildman–Crippen MR) is 64.9 cm³/mol. The van der Waals surface area contributed by atoms with Gasteiger partial charge in [0.15, 0.2) is 0 Å². The summed E-state index contributed by atoms with van der Waals surface area (Å²) >= 11 is 5.99. The molecule has 1 saturated heterocycles. The molecule has 5 heteroatoms. The topological polar surface area (TPSA) is 56.5 Å². The van der Waals surface area contributed by atoms with Crippen LogP contribution in [0.2, 0.25) is 5.02 Å². The maximum Gasteiger partial charge on any atom is 0.127 e. The number of benzene rings is 1. The van der Waals surface area contributed by atoms with Crippen molar-refractivity contribution in [3.8, 4) is 6.07 Å². The summed E-state index contributed by atoms with van der Waals surface area (Å²) in [7, 11) is 0. The zero-order valence-electron chi connectivity index (χ0n) is 9.43. The van der Waals surface area contributed by atoms with Gasteiger partial charge in [0.05, 0.1) is 17.2 Å². The van der Waals surface area contributed by atoms with E-state index in [2.05, 4.69) is 0 Å². The Hall–Kier alpha value is -1.28. The highest BCUT2D eigenvalue weighted by Crippen LogP contribution is 2.28. The van der Waals surface area contributed by atoms with Gasteiger partial charge in [-0.2, -0.15) is 5.26 Å². The Kier molecular flexibility index (Phi) is 3.53. The molecule has 0 spiro atoms. The predicted octanol–water partition coefficient (Wildman–Crippen LogP) is 1.76. The molecule has 1 aromatic carbocycles. The number of aliphatic hydroxyl groups excluding tert-OH is 1. The maximum atomic E-state index is 9.06. The molecular weight excluding hydrogens is 240 g/mol. The molecule has 0 unspecified atom stereocenters. The van der Waals surface area contributed by atoms with E-state index in [0.717, 1.165) is 5.69 Å². The number of nitrogens with zero attached hydrogens (tertiary/aromatic N) is 2. The van der Waals surface area contributed by atoms with Crippen molar-refractivity contribution in [3.05, 3.63) is 28.8 Å². The molecule has 0 aromatic heterocycles. The number of halogens is 1. The molecule has 1 fully saturated rings. The second kappa shape index (κ2) is 4.92. The Morgan fingerprint density at radius 1 is 1.65 bits per heavy atom. The lowest BCUT2D eigenvalue weighted by atomic mass is 10.2. The molecule has 0 aliphatic carbocycles. The van der Waals surface area contributed by atoms with Crippen LogP contribution in [0.25, 0.3) is 0 Å². The van der Waals surface area contributed by atoms with E-state index in [-0.39, 0.29) is 18.9 Å². The minimum atomic E-state index is -0.167. The van der Waals surface area contributed by atoms with Gasteiger partial charge >= 0.3 is 0 Å². The molecule has 0 radical (unpaired) electrons. The molecule has 4 nitrogen and oxygen atoms in total. The minimum absolute atomic E-state index is 0.00481. The van der Waals surface area contributed by atoms with Crippen molar-refractivity contribution in [1.82, 2.24) is 0 Å². The molecule has 1 aliphatic heterocycles. The van der Waals surface area contributed by atoms with Crippen LogP contribution in [0.15, 0.2) is 18.2 Å². The van der Waals surface area contributed by atoms with Gasteiger partial charge in [0.25, 0.3) is 0 Å². The van der Waals surface area contributed by atoms with Crippen molar-refractivity contribution in [2.75, 3.05) is 18.1 Å². The first-order valence-electron chi connectivity index (χ1n) is 5.38. The Morgan fingerprint density at radius 3 is 2.94 bits per heavy atom. The van der Waals surface area contributed by atoms with E-state index in [9.17, 15) is 0 Å². The summed E-state index contributed by atoms with van der Waals surface area (Å²) in [4.78, 5) is 2.01. The van der Waals surface area contributed by atoms with Crippen LogP contribution in [0.1, 0.15) is 12.5 Å². The van der Waals surface area contributed by atoms with Crippen LogP contribution in [0, 0.1) is 11.3 Å². The molecule has 2 rings (SSSR count). The highest BCUT2D eigenvalue weighted by atomic mass is 35.5. The van der Waals surface area contributed by atoms with Gasteiger partial charge in [0, 0.05) is 12.2 Å². The number of rotatable bonds is 2. The average Bonchev–Trinajstić information content (AvgIpc) is 2.70. The molecule has 1 aromatic rings. The highest BCUT2D eigenvalue weighted by molar-refractivity contribution is 6.32. The van der Waals surface area contributed by atoms with E-state index in [1.165, 1.54) is 0 Å². The first-order chi connectivity index (χ1) is 8.15. The number of anilines is 1. The summed E-state index contributed by atoms with van der Waals surface area (Å²) in [6.45, 7) is 2.55. The molecule has 1 aliphatic rings. The smallest absolute Gasteiger partial charge is 0.127 e. The SMILES string of the molecule is C[C@H]1O[C@H](CO)CN1c1ccc(C#N)c(Cl)c1. The summed E-state index contributed by atoms with van der Waals surface area (Å²) in [5.41, 5.74) is 1.36. The molecule has 17 heavy (non-hydrogen) atoms. The standard InChI is InChI=1S/C12H13ClN2O2/c1-8-15(6-11(7-16)17-8)10-3-2-9(5-14)12(13)4-10/h2-4,8,11,16H,6-7H2,1H3/t8-,11+/m1/s1. The first-order valence-corrected chi connectivity index (χ1v) is 5.76. The van der Waals surface area contributed by atoms with Gasteiger partial charge in [-0.3, -0.25) is 0 Å². The Morgan fingerprint density at radius 2 is 2.41 bits per heavy atom. The molecule has 1 heterocycles. The largest absolute Gasteiger partial charge is 0.394 e. The monoisotopic (exact) mass is 252 g/mol. The van der Waals surface area contributed by atoms with Crippen LogP contribution in [0.3, 0.4) is 0 Å². The third kappa shape index (κ3) is 2.37. The van der Waals surface area contributed by atoms with Gasteiger partial charge in [-0.15, -0.1) is 0 Å². The van der Waals surface area contributed by atoms with E-state index in [1.54, 1.807) is 12.1 Å². The zero-order chi connectivity index (χ0) is 12.4. The number of aliphatic hydroxyl groups is 1. The number of nitriles is 1. The van der Waals surface area contributed by atoms with Gasteiger partial charge in [-0.25, -0.2) is 0 Å². The van der Waals surface area contributed by atoms with Crippen molar-refractivity contribution >= 4 is 17.3 Å². The van der Waals surface area contributed by atoms with Crippen LogP contribution in [-0.4, -0.2) is 30.6 Å². The van der Waals surface area contributed by atoms with Crippen molar-refractivity contribution in [1.29, 1.82) is 5.26 Å². The minimum Gasteiger partial charge on any atom is -0.394 e. The van der Waals surface area contributed by atoms with Crippen molar-refractivity contribution in [2.45, 2.75) is 19.3 Å². The van der Waals surface area contributed by atoms with E-state index >= 15 is 0 Å².